The molecule has 1 aromatic rings. The molecule has 0 fully saturated rings. The van der Waals surface area contributed by atoms with E-state index in [0.29, 0.717) is 28.8 Å². The molecule has 0 radical (unpaired) electrons. The Balaban J connectivity index is 2.94. The molecule has 0 spiro atoms. The van der Waals surface area contributed by atoms with Crippen LogP contribution in [0.5, 0.6) is 0 Å². The number of halogens is 2. The van der Waals surface area contributed by atoms with Crippen molar-refractivity contribution in [3.63, 3.8) is 0 Å². The maximum Gasteiger partial charge on any atom is 0.267 e. The second kappa shape index (κ2) is 7.78. The van der Waals surface area contributed by atoms with Crippen LogP contribution in [0.4, 0.5) is 5.69 Å². The highest BCUT2D eigenvalue weighted by molar-refractivity contribution is 6.35. The molecule has 0 atom stereocenters. The van der Waals surface area contributed by atoms with Gasteiger partial charge in [0.1, 0.15) is 11.6 Å². The molecule has 0 heterocycles. The van der Waals surface area contributed by atoms with Crippen LogP contribution in [-0.4, -0.2) is 23.9 Å². The van der Waals surface area contributed by atoms with Crippen LogP contribution in [0.15, 0.2) is 30.0 Å². The molecule has 0 bridgehead atoms. The van der Waals surface area contributed by atoms with Crippen LogP contribution in [0.1, 0.15) is 13.8 Å². The summed E-state index contributed by atoms with van der Waals surface area (Å²) in [5, 5.41) is 12.5. The van der Waals surface area contributed by atoms with E-state index >= 15 is 0 Å². The maximum absolute atomic E-state index is 12.0. The van der Waals surface area contributed by atoms with Crippen molar-refractivity contribution in [3.8, 4) is 6.07 Å². The number of carbonyl (C=O) groups is 1. The lowest BCUT2D eigenvalue weighted by Gasteiger charge is -2.15. The van der Waals surface area contributed by atoms with Crippen LogP contribution in [-0.2, 0) is 4.79 Å². The van der Waals surface area contributed by atoms with Crippen LogP contribution in [0, 0.1) is 11.3 Å². The van der Waals surface area contributed by atoms with Gasteiger partial charge in [0, 0.05) is 24.3 Å². The summed E-state index contributed by atoms with van der Waals surface area (Å²) >= 11 is 11.8. The molecule has 0 aromatic heterocycles. The molecular weight excluding hydrogens is 297 g/mol. The van der Waals surface area contributed by atoms with Crippen molar-refractivity contribution in [2.24, 2.45) is 0 Å². The monoisotopic (exact) mass is 311 g/mol. The van der Waals surface area contributed by atoms with Crippen molar-refractivity contribution in [2.45, 2.75) is 13.8 Å². The van der Waals surface area contributed by atoms with Crippen molar-refractivity contribution in [1.82, 2.24) is 4.90 Å². The van der Waals surface area contributed by atoms with E-state index in [2.05, 4.69) is 5.32 Å². The van der Waals surface area contributed by atoms with E-state index in [-0.39, 0.29) is 5.57 Å². The van der Waals surface area contributed by atoms with E-state index in [9.17, 15) is 4.79 Å². The van der Waals surface area contributed by atoms with Gasteiger partial charge < -0.3 is 10.2 Å². The first-order valence-corrected chi connectivity index (χ1v) is 6.89. The molecular formula is C14H15Cl2N3O. The summed E-state index contributed by atoms with van der Waals surface area (Å²) in [6, 6.07) is 6.63. The quantitative estimate of drug-likeness (QED) is 0.666. The molecule has 0 unspecified atom stereocenters. The van der Waals surface area contributed by atoms with Crippen LogP contribution in [0.3, 0.4) is 0 Å². The Morgan fingerprint density at radius 3 is 2.60 bits per heavy atom. The average molecular weight is 312 g/mol. The Morgan fingerprint density at radius 1 is 1.40 bits per heavy atom. The molecule has 1 N–H and O–H groups in total. The van der Waals surface area contributed by atoms with Crippen LogP contribution < -0.4 is 5.32 Å². The Morgan fingerprint density at radius 2 is 2.05 bits per heavy atom. The van der Waals surface area contributed by atoms with Gasteiger partial charge in [0.05, 0.1) is 10.7 Å². The first kappa shape index (κ1) is 16.4. The number of hydrogen-bond acceptors (Lipinski definition) is 3. The normalized spacial score (nSPS) is 10.8. The summed E-state index contributed by atoms with van der Waals surface area (Å²) in [6.07, 6.45) is 1.54. The standard InChI is InChI=1S/C14H15Cl2N3O/c1-3-19(4-2)9-10(8-17)14(20)18-13-7-11(15)5-6-12(13)16/h5-7,9H,3-4H2,1-2H3,(H,18,20)/b10-9-. The fraction of sp³-hybridized carbons (Fsp3) is 0.286. The minimum absolute atomic E-state index is 0.0183. The number of nitrogens with one attached hydrogen (secondary N) is 1. The van der Waals surface area contributed by atoms with Gasteiger partial charge in [-0.15, -0.1) is 0 Å². The van der Waals surface area contributed by atoms with Crippen molar-refractivity contribution >= 4 is 34.8 Å². The van der Waals surface area contributed by atoms with Gasteiger partial charge in [-0.1, -0.05) is 23.2 Å². The fourth-order valence-corrected chi connectivity index (χ4v) is 1.85. The Hall–Kier alpha value is -1.70. The minimum atomic E-state index is -0.511. The van der Waals surface area contributed by atoms with Gasteiger partial charge >= 0.3 is 0 Å². The van der Waals surface area contributed by atoms with E-state index in [1.165, 1.54) is 12.3 Å². The highest BCUT2D eigenvalue weighted by atomic mass is 35.5. The van der Waals surface area contributed by atoms with E-state index in [4.69, 9.17) is 28.5 Å². The highest BCUT2D eigenvalue weighted by Gasteiger charge is 2.12. The van der Waals surface area contributed by atoms with Gasteiger partial charge in [0.2, 0.25) is 0 Å². The second-order valence-electron chi connectivity index (χ2n) is 3.95. The smallest absolute Gasteiger partial charge is 0.267 e. The minimum Gasteiger partial charge on any atom is -0.377 e. The third-order valence-electron chi connectivity index (χ3n) is 2.67. The molecule has 0 saturated carbocycles. The molecule has 0 saturated heterocycles. The first-order chi connectivity index (χ1) is 9.51. The number of hydrogen-bond donors (Lipinski definition) is 1. The number of rotatable bonds is 5. The van der Waals surface area contributed by atoms with Gasteiger partial charge in [0.25, 0.3) is 5.91 Å². The molecule has 0 aliphatic carbocycles. The van der Waals surface area contributed by atoms with Crippen molar-refractivity contribution in [2.75, 3.05) is 18.4 Å². The van der Waals surface area contributed by atoms with E-state index in [0.717, 1.165) is 0 Å². The number of nitriles is 1. The lowest BCUT2D eigenvalue weighted by molar-refractivity contribution is -0.112. The van der Waals surface area contributed by atoms with E-state index in [1.807, 2.05) is 24.8 Å². The number of nitrogens with zero attached hydrogens (tertiary/aromatic N) is 2. The zero-order valence-electron chi connectivity index (χ0n) is 11.3. The number of amides is 1. The molecule has 0 aliphatic rings. The molecule has 0 aliphatic heterocycles. The average Bonchev–Trinajstić information content (AvgIpc) is 2.44. The van der Waals surface area contributed by atoms with Crippen LogP contribution in [0.25, 0.3) is 0 Å². The largest absolute Gasteiger partial charge is 0.377 e. The number of carbonyl (C=O) groups excluding carboxylic acids is 1. The molecule has 1 amide bonds. The zero-order chi connectivity index (χ0) is 15.1. The third kappa shape index (κ3) is 4.44. The van der Waals surface area contributed by atoms with Gasteiger partial charge in [-0.05, 0) is 32.0 Å². The van der Waals surface area contributed by atoms with Crippen LogP contribution in [0.2, 0.25) is 10.0 Å². The molecule has 20 heavy (non-hydrogen) atoms. The molecule has 106 valence electrons. The molecule has 6 heteroatoms. The summed E-state index contributed by atoms with van der Waals surface area (Å²) in [7, 11) is 0. The fourth-order valence-electron chi connectivity index (χ4n) is 1.51. The Kier molecular flexibility index (Phi) is 6.37. The number of benzene rings is 1. The second-order valence-corrected chi connectivity index (χ2v) is 4.80. The predicted molar refractivity (Wildman–Crippen MR) is 81.7 cm³/mol. The van der Waals surface area contributed by atoms with E-state index < -0.39 is 5.91 Å². The van der Waals surface area contributed by atoms with Crippen molar-refractivity contribution in [3.05, 3.63) is 40.0 Å². The maximum atomic E-state index is 12.0. The summed E-state index contributed by atoms with van der Waals surface area (Å²) < 4.78 is 0. The molecule has 4 nitrogen and oxygen atoms in total. The lowest BCUT2D eigenvalue weighted by Crippen LogP contribution is -2.20. The molecule has 1 rings (SSSR count). The van der Waals surface area contributed by atoms with Gasteiger partial charge in [-0.2, -0.15) is 5.26 Å². The SMILES string of the molecule is CCN(/C=C(/C#N)C(=O)Nc1cc(Cl)ccc1Cl)CC. The number of anilines is 1. The topological polar surface area (TPSA) is 56.1 Å². The van der Waals surface area contributed by atoms with Gasteiger partial charge in [0.15, 0.2) is 0 Å². The van der Waals surface area contributed by atoms with Crippen molar-refractivity contribution in [1.29, 1.82) is 5.26 Å². The summed E-state index contributed by atoms with van der Waals surface area (Å²) in [5.74, 6) is -0.511. The van der Waals surface area contributed by atoms with Crippen LogP contribution >= 0.6 is 23.2 Å². The predicted octanol–water partition coefficient (Wildman–Crippen LogP) is 3.68. The van der Waals surface area contributed by atoms with E-state index in [1.54, 1.807) is 12.1 Å². The summed E-state index contributed by atoms with van der Waals surface area (Å²) in [4.78, 5) is 13.9. The summed E-state index contributed by atoms with van der Waals surface area (Å²) in [6.45, 7) is 5.32. The first-order valence-electron chi connectivity index (χ1n) is 6.14. The molecule has 1 aromatic carbocycles. The Bertz CT molecular complexity index is 560. The zero-order valence-corrected chi connectivity index (χ0v) is 12.8. The lowest BCUT2D eigenvalue weighted by atomic mass is 10.2. The van der Waals surface area contributed by atoms with Gasteiger partial charge in [-0.3, -0.25) is 4.79 Å². The third-order valence-corrected chi connectivity index (χ3v) is 3.23. The van der Waals surface area contributed by atoms with Crippen molar-refractivity contribution < 1.29 is 4.79 Å². The highest BCUT2D eigenvalue weighted by Crippen LogP contribution is 2.25. The Labute approximate surface area is 128 Å². The summed E-state index contributed by atoms with van der Waals surface area (Å²) in [5.41, 5.74) is 0.398. The van der Waals surface area contributed by atoms with Gasteiger partial charge in [-0.25, -0.2) is 0 Å².